The van der Waals surface area contributed by atoms with Gasteiger partial charge in [0.15, 0.2) is 6.61 Å². The average Bonchev–Trinajstić information content (AvgIpc) is 3.05. The zero-order valence-corrected chi connectivity index (χ0v) is 15.6. The molecule has 7 heteroatoms. The highest BCUT2D eigenvalue weighted by molar-refractivity contribution is 6.06. The summed E-state index contributed by atoms with van der Waals surface area (Å²) in [6.45, 7) is 2.63. The zero-order valence-electron chi connectivity index (χ0n) is 15.6. The molecule has 1 N–H and O–H groups in total. The third kappa shape index (κ3) is 5.15. The third-order valence-corrected chi connectivity index (χ3v) is 3.74. The SMILES string of the molecule is Cc1nc(COc2ccccc2C(=O)Nc2cccc(CN(C)C)c2)no1. The van der Waals surface area contributed by atoms with E-state index in [2.05, 4.69) is 20.4 Å². The van der Waals surface area contributed by atoms with Crippen molar-refractivity contribution >= 4 is 11.6 Å². The van der Waals surface area contributed by atoms with Gasteiger partial charge in [-0.25, -0.2) is 0 Å². The van der Waals surface area contributed by atoms with E-state index in [-0.39, 0.29) is 12.5 Å². The van der Waals surface area contributed by atoms with Crippen LogP contribution in [0.3, 0.4) is 0 Å². The number of amides is 1. The minimum absolute atomic E-state index is 0.125. The number of hydrogen-bond donors (Lipinski definition) is 1. The summed E-state index contributed by atoms with van der Waals surface area (Å²) in [4.78, 5) is 18.9. The molecule has 0 saturated heterocycles. The van der Waals surface area contributed by atoms with Crippen molar-refractivity contribution < 1.29 is 14.1 Å². The molecule has 1 heterocycles. The molecule has 0 atom stereocenters. The Balaban J connectivity index is 1.71. The molecule has 0 aliphatic rings. The number of nitrogens with one attached hydrogen (secondary N) is 1. The molecule has 0 radical (unpaired) electrons. The van der Waals surface area contributed by atoms with Gasteiger partial charge in [0.25, 0.3) is 5.91 Å². The number of hydrogen-bond acceptors (Lipinski definition) is 6. The maximum absolute atomic E-state index is 12.7. The van der Waals surface area contributed by atoms with Gasteiger partial charge < -0.3 is 19.5 Å². The Morgan fingerprint density at radius 1 is 1.19 bits per heavy atom. The number of rotatable bonds is 7. The second kappa shape index (κ2) is 8.46. The van der Waals surface area contributed by atoms with Crippen molar-refractivity contribution in [2.75, 3.05) is 19.4 Å². The molecular formula is C20H22N4O3. The molecule has 0 aliphatic carbocycles. The highest BCUT2D eigenvalue weighted by Gasteiger charge is 2.14. The Morgan fingerprint density at radius 3 is 2.74 bits per heavy atom. The highest BCUT2D eigenvalue weighted by atomic mass is 16.5. The summed E-state index contributed by atoms with van der Waals surface area (Å²) >= 11 is 0. The van der Waals surface area contributed by atoms with Crippen molar-refractivity contribution in [3.05, 3.63) is 71.4 Å². The minimum Gasteiger partial charge on any atom is -0.485 e. The molecule has 0 aliphatic heterocycles. The molecule has 140 valence electrons. The minimum atomic E-state index is -0.239. The molecule has 0 bridgehead atoms. The van der Waals surface area contributed by atoms with Gasteiger partial charge in [-0.2, -0.15) is 4.98 Å². The van der Waals surface area contributed by atoms with E-state index in [9.17, 15) is 4.79 Å². The Morgan fingerprint density at radius 2 is 2.00 bits per heavy atom. The van der Waals surface area contributed by atoms with E-state index in [1.807, 2.05) is 44.4 Å². The van der Waals surface area contributed by atoms with Gasteiger partial charge in [-0.1, -0.05) is 29.4 Å². The fourth-order valence-corrected chi connectivity index (χ4v) is 2.63. The first-order chi connectivity index (χ1) is 13.0. The first kappa shape index (κ1) is 18.6. The first-order valence-electron chi connectivity index (χ1n) is 8.57. The van der Waals surface area contributed by atoms with Crippen LogP contribution in [0.1, 0.15) is 27.6 Å². The summed E-state index contributed by atoms with van der Waals surface area (Å²) in [5, 5.41) is 6.72. The largest absolute Gasteiger partial charge is 0.485 e. The molecule has 3 rings (SSSR count). The van der Waals surface area contributed by atoms with Crippen LogP contribution in [0.25, 0.3) is 0 Å². The van der Waals surface area contributed by atoms with Gasteiger partial charge in [-0.15, -0.1) is 0 Å². The first-order valence-corrected chi connectivity index (χ1v) is 8.57. The zero-order chi connectivity index (χ0) is 19.2. The Labute approximate surface area is 158 Å². The lowest BCUT2D eigenvalue weighted by Gasteiger charge is -2.13. The summed E-state index contributed by atoms with van der Waals surface area (Å²) in [6, 6.07) is 14.8. The van der Waals surface area contributed by atoms with Crippen LogP contribution in [-0.2, 0) is 13.2 Å². The summed E-state index contributed by atoms with van der Waals surface area (Å²) < 4.78 is 10.6. The maximum Gasteiger partial charge on any atom is 0.259 e. The van der Waals surface area contributed by atoms with Crippen molar-refractivity contribution in [1.82, 2.24) is 15.0 Å². The van der Waals surface area contributed by atoms with Crippen LogP contribution in [0.5, 0.6) is 5.75 Å². The lowest BCUT2D eigenvalue weighted by atomic mass is 10.1. The maximum atomic E-state index is 12.7. The summed E-state index contributed by atoms with van der Waals surface area (Å²) in [5.41, 5.74) is 2.30. The third-order valence-electron chi connectivity index (χ3n) is 3.74. The Kier molecular flexibility index (Phi) is 5.83. The van der Waals surface area contributed by atoms with Gasteiger partial charge in [0.2, 0.25) is 11.7 Å². The normalized spacial score (nSPS) is 10.8. The molecule has 0 spiro atoms. The second-order valence-electron chi connectivity index (χ2n) is 6.41. The summed E-state index contributed by atoms with van der Waals surface area (Å²) in [5.74, 6) is 1.12. The van der Waals surface area contributed by atoms with Crippen molar-refractivity contribution in [2.24, 2.45) is 0 Å². The molecule has 1 aromatic heterocycles. The topological polar surface area (TPSA) is 80.5 Å². The lowest BCUT2D eigenvalue weighted by molar-refractivity contribution is 0.102. The number of anilines is 1. The molecule has 7 nitrogen and oxygen atoms in total. The van der Waals surface area contributed by atoms with Crippen LogP contribution in [0.15, 0.2) is 53.1 Å². The molecule has 0 saturated carbocycles. The number of ether oxygens (including phenoxy) is 1. The molecule has 1 amide bonds. The van der Waals surface area contributed by atoms with Gasteiger partial charge in [0.05, 0.1) is 5.56 Å². The van der Waals surface area contributed by atoms with E-state index in [1.54, 1.807) is 25.1 Å². The summed E-state index contributed by atoms with van der Waals surface area (Å²) in [6.07, 6.45) is 0. The van der Waals surface area contributed by atoms with Gasteiger partial charge in [-0.3, -0.25) is 4.79 Å². The molecule has 2 aromatic carbocycles. The van der Waals surface area contributed by atoms with Gasteiger partial charge in [0, 0.05) is 19.2 Å². The van der Waals surface area contributed by atoms with Crippen LogP contribution >= 0.6 is 0 Å². The van der Waals surface area contributed by atoms with Crippen molar-refractivity contribution in [2.45, 2.75) is 20.1 Å². The van der Waals surface area contributed by atoms with Gasteiger partial charge in [0.1, 0.15) is 5.75 Å². The van der Waals surface area contributed by atoms with Gasteiger partial charge in [-0.05, 0) is 43.9 Å². The molecule has 0 unspecified atom stereocenters. The van der Waals surface area contributed by atoms with Crippen LogP contribution in [0.2, 0.25) is 0 Å². The number of carbonyl (C=O) groups is 1. The van der Waals surface area contributed by atoms with Crippen LogP contribution < -0.4 is 10.1 Å². The van der Waals surface area contributed by atoms with E-state index in [0.717, 1.165) is 17.8 Å². The van der Waals surface area contributed by atoms with Crippen molar-refractivity contribution in [3.8, 4) is 5.75 Å². The monoisotopic (exact) mass is 366 g/mol. The summed E-state index contributed by atoms with van der Waals surface area (Å²) in [7, 11) is 4.01. The van der Waals surface area contributed by atoms with Gasteiger partial charge >= 0.3 is 0 Å². The molecule has 27 heavy (non-hydrogen) atoms. The second-order valence-corrected chi connectivity index (χ2v) is 6.41. The Bertz CT molecular complexity index is 921. The smallest absolute Gasteiger partial charge is 0.259 e. The van der Waals surface area contributed by atoms with Crippen LogP contribution in [0.4, 0.5) is 5.69 Å². The fraction of sp³-hybridized carbons (Fsp3) is 0.250. The van der Waals surface area contributed by atoms with E-state index in [0.29, 0.717) is 23.0 Å². The predicted molar refractivity (Wildman–Crippen MR) is 102 cm³/mol. The average molecular weight is 366 g/mol. The van der Waals surface area contributed by atoms with Crippen LogP contribution in [-0.4, -0.2) is 35.0 Å². The predicted octanol–water partition coefficient (Wildman–Crippen LogP) is 3.27. The number of para-hydroxylation sites is 1. The Hall–Kier alpha value is -3.19. The number of aromatic nitrogens is 2. The quantitative estimate of drug-likeness (QED) is 0.691. The van der Waals surface area contributed by atoms with E-state index < -0.39 is 0 Å². The standard InChI is InChI=1S/C20H22N4O3/c1-14-21-19(23-27-14)13-26-18-10-5-4-9-17(18)20(25)22-16-8-6-7-15(11-16)12-24(2)3/h4-11H,12-13H2,1-3H3,(H,22,25). The highest BCUT2D eigenvalue weighted by Crippen LogP contribution is 2.21. The van der Waals surface area contributed by atoms with E-state index in [4.69, 9.17) is 9.26 Å². The van der Waals surface area contributed by atoms with Crippen LogP contribution in [0, 0.1) is 6.92 Å². The number of carbonyl (C=O) groups excluding carboxylic acids is 1. The fourth-order valence-electron chi connectivity index (χ4n) is 2.63. The number of aryl methyl sites for hydroxylation is 1. The molecule has 0 fully saturated rings. The lowest BCUT2D eigenvalue weighted by Crippen LogP contribution is -2.15. The van der Waals surface area contributed by atoms with E-state index >= 15 is 0 Å². The number of nitrogens with zero attached hydrogens (tertiary/aromatic N) is 3. The van der Waals surface area contributed by atoms with Crippen molar-refractivity contribution in [3.63, 3.8) is 0 Å². The number of benzene rings is 2. The molecule has 3 aromatic rings. The van der Waals surface area contributed by atoms with E-state index in [1.165, 1.54) is 0 Å². The van der Waals surface area contributed by atoms with Crippen molar-refractivity contribution in [1.29, 1.82) is 0 Å². The molecular weight excluding hydrogens is 344 g/mol.